The quantitative estimate of drug-likeness (QED) is 0.186. The number of benzene rings is 1. The molecule has 0 radical (unpaired) electrons. The van der Waals surface area contributed by atoms with Crippen molar-refractivity contribution in [2.24, 2.45) is 0 Å². The van der Waals surface area contributed by atoms with Crippen LogP contribution in [0.5, 0.6) is 0 Å². The van der Waals surface area contributed by atoms with Gasteiger partial charge < -0.3 is 0 Å². The molecule has 0 aliphatic heterocycles. The van der Waals surface area contributed by atoms with Crippen molar-refractivity contribution in [1.82, 2.24) is 0 Å². The van der Waals surface area contributed by atoms with E-state index in [2.05, 4.69) is 4.18 Å². The van der Waals surface area contributed by atoms with Crippen LogP contribution in [0.25, 0.3) is 0 Å². The predicted octanol–water partition coefficient (Wildman–Crippen LogP) is -1.46. The van der Waals surface area contributed by atoms with Crippen LogP contribution in [0, 0.1) is 0 Å². The summed E-state index contributed by atoms with van der Waals surface area (Å²) in [5.41, 5.74) is 0.545. The average molecular weight is 535 g/mol. The van der Waals surface area contributed by atoms with Gasteiger partial charge in [-0.25, -0.2) is 8.42 Å². The van der Waals surface area contributed by atoms with E-state index in [0.29, 0.717) is 5.56 Å². The van der Waals surface area contributed by atoms with E-state index in [4.69, 9.17) is 13.7 Å². The number of hydrogen-bond acceptors (Lipinski definition) is 11. The number of aryl methyl sites for hydroxylation is 1. The minimum Gasteiger partial charge on any atom is -0.286 e. The van der Waals surface area contributed by atoms with E-state index in [9.17, 15) is 42.1 Å². The van der Waals surface area contributed by atoms with Gasteiger partial charge in [-0.3, -0.25) is 17.8 Å². The molecule has 19 heteroatoms. The number of rotatable bonds is 9. The van der Waals surface area contributed by atoms with Gasteiger partial charge in [-0.1, -0.05) is 12.1 Å². The average Bonchev–Trinajstić information content (AvgIpc) is 2.50. The molecular weight excluding hydrogens is 516 g/mol. The molecule has 1 aromatic carbocycles. The summed E-state index contributed by atoms with van der Waals surface area (Å²) in [5, 5.41) is 0. The van der Waals surface area contributed by atoms with Crippen LogP contribution in [0.4, 0.5) is 0 Å². The Morgan fingerprint density at radius 1 is 0.733 bits per heavy atom. The lowest BCUT2D eigenvalue weighted by molar-refractivity contribution is 0.343. The van der Waals surface area contributed by atoms with E-state index >= 15 is 0 Å². The first-order valence-electron chi connectivity index (χ1n) is 7.20. The monoisotopic (exact) mass is 534 g/mol. The highest BCUT2D eigenvalue weighted by molar-refractivity contribution is 8.62. The Bertz CT molecular complexity index is 1210. The second kappa shape index (κ2) is 10.4. The molecule has 0 aliphatic rings. The summed E-state index contributed by atoms with van der Waals surface area (Å²) in [5.74, 6) is -0.953. The van der Waals surface area contributed by atoms with Crippen LogP contribution >= 0.6 is 0 Å². The van der Waals surface area contributed by atoms with Gasteiger partial charge in [-0.15, -0.1) is 0 Å². The maximum absolute atomic E-state index is 11.9. The van der Waals surface area contributed by atoms with Gasteiger partial charge in [0.1, 0.15) is 0 Å². The standard InChI is InChI=1S/C11H16O8S3.H2O6S2/c1-20(12,13)19-7-9-21(14,15)11-4-2-10(3-5-11)6-8-22(16,17)18;1-7(2,3)8(4,5)6/h2-5H,6-9H2,1H3,(H,16,17,18);(H,1,2,3)(H,4,5,6). The van der Waals surface area contributed by atoms with Crippen molar-refractivity contribution in [3.8, 4) is 0 Å². The van der Waals surface area contributed by atoms with Crippen LogP contribution in [0.3, 0.4) is 0 Å². The van der Waals surface area contributed by atoms with E-state index in [1.165, 1.54) is 24.3 Å². The first-order valence-corrected chi connectivity index (χ1v) is 15.7. The fraction of sp³-hybridized carbons (Fsp3) is 0.455. The molecule has 0 aromatic heterocycles. The lowest BCUT2D eigenvalue weighted by Crippen LogP contribution is -2.15. The predicted molar refractivity (Wildman–Crippen MR) is 103 cm³/mol. The summed E-state index contributed by atoms with van der Waals surface area (Å²) in [6, 6.07) is 5.43. The van der Waals surface area contributed by atoms with Crippen molar-refractivity contribution in [2.75, 3.05) is 24.4 Å². The highest BCUT2D eigenvalue weighted by atomic mass is 33.2. The SMILES string of the molecule is CS(=O)(=O)OCCS(=O)(=O)c1ccc(CCS(=O)(=O)O)cc1.O=S(=O)(O)S(=O)(=O)O. The van der Waals surface area contributed by atoms with Crippen molar-refractivity contribution in [2.45, 2.75) is 11.3 Å². The zero-order valence-corrected chi connectivity index (χ0v) is 19.1. The summed E-state index contributed by atoms with van der Waals surface area (Å²) in [6.07, 6.45) is 0.875. The molecule has 0 heterocycles. The van der Waals surface area contributed by atoms with Gasteiger partial charge in [0, 0.05) is 0 Å². The lowest BCUT2D eigenvalue weighted by atomic mass is 10.2. The minimum atomic E-state index is -5.31. The maximum atomic E-state index is 11.9. The Morgan fingerprint density at radius 3 is 1.50 bits per heavy atom. The number of hydrogen-bond donors (Lipinski definition) is 3. The van der Waals surface area contributed by atoms with Gasteiger partial charge in [0.25, 0.3) is 20.2 Å². The van der Waals surface area contributed by atoms with Gasteiger partial charge in [0.05, 0.1) is 29.3 Å². The molecule has 0 bridgehead atoms. The summed E-state index contributed by atoms with van der Waals surface area (Å²) < 4.78 is 132. The van der Waals surface area contributed by atoms with Crippen LogP contribution in [0.15, 0.2) is 29.2 Å². The molecule has 3 N–H and O–H groups in total. The fourth-order valence-electron chi connectivity index (χ4n) is 1.52. The van der Waals surface area contributed by atoms with E-state index < -0.39 is 66.5 Å². The van der Waals surface area contributed by atoms with Gasteiger partial charge in [-0.2, -0.15) is 33.7 Å². The van der Waals surface area contributed by atoms with Crippen LogP contribution in [-0.2, 0) is 59.0 Å². The van der Waals surface area contributed by atoms with Gasteiger partial charge in [-0.05, 0) is 24.1 Å². The smallest absolute Gasteiger partial charge is 0.286 e. The molecule has 0 amide bonds. The molecule has 1 aromatic rings. The van der Waals surface area contributed by atoms with Crippen LogP contribution < -0.4 is 0 Å². The summed E-state index contributed by atoms with van der Waals surface area (Å²) in [4.78, 5) is -0.0276. The van der Waals surface area contributed by atoms with Crippen molar-refractivity contribution in [3.05, 3.63) is 29.8 Å². The molecule has 0 unspecified atom stereocenters. The summed E-state index contributed by atoms with van der Waals surface area (Å²) in [7, 11) is -22.1. The van der Waals surface area contributed by atoms with Gasteiger partial charge in [0.2, 0.25) is 0 Å². The maximum Gasteiger partial charge on any atom is 0.397 e. The van der Waals surface area contributed by atoms with Crippen molar-refractivity contribution < 1.29 is 59.9 Å². The first kappa shape index (κ1) is 28.8. The largest absolute Gasteiger partial charge is 0.397 e. The highest BCUT2D eigenvalue weighted by Gasteiger charge is 2.22. The Hall–Kier alpha value is -1.19. The molecule has 1 rings (SSSR count). The van der Waals surface area contributed by atoms with Crippen molar-refractivity contribution in [3.63, 3.8) is 0 Å². The molecule has 0 aliphatic carbocycles. The third-order valence-corrected chi connectivity index (χ3v) is 7.99. The Labute approximate surface area is 173 Å². The van der Waals surface area contributed by atoms with E-state index in [-0.39, 0.29) is 11.3 Å². The Morgan fingerprint density at radius 2 is 1.17 bits per heavy atom. The molecule has 0 saturated heterocycles. The minimum absolute atomic E-state index is 0.0276. The second-order valence-electron chi connectivity index (χ2n) is 5.38. The van der Waals surface area contributed by atoms with E-state index in [1.54, 1.807) is 0 Å². The van der Waals surface area contributed by atoms with E-state index in [0.717, 1.165) is 6.26 Å². The third-order valence-electron chi connectivity index (χ3n) is 2.85. The zero-order chi connectivity index (χ0) is 24.0. The van der Waals surface area contributed by atoms with Crippen molar-refractivity contribution in [1.29, 1.82) is 0 Å². The third kappa shape index (κ3) is 12.5. The normalized spacial score (nSPS) is 13.3. The molecule has 0 saturated carbocycles. The molecular formula is C11H18O14S5. The zero-order valence-electron chi connectivity index (χ0n) is 15.0. The highest BCUT2D eigenvalue weighted by Crippen LogP contribution is 2.13. The van der Waals surface area contributed by atoms with Gasteiger partial charge >= 0.3 is 18.3 Å². The second-order valence-corrected chi connectivity index (χ2v) is 14.9. The Kier molecular flexibility index (Phi) is 10.0. The van der Waals surface area contributed by atoms with Crippen LogP contribution in [-0.4, -0.2) is 80.1 Å². The topological polar surface area (TPSA) is 241 Å². The number of sulfone groups is 1. The molecule has 176 valence electrons. The molecule has 30 heavy (non-hydrogen) atoms. The summed E-state index contributed by atoms with van der Waals surface area (Å²) >= 11 is 0. The molecule has 0 spiro atoms. The Balaban J connectivity index is 0.000000890. The van der Waals surface area contributed by atoms with Crippen LogP contribution in [0.2, 0.25) is 0 Å². The first-order chi connectivity index (χ1) is 13.1. The fourth-order valence-corrected chi connectivity index (χ4v) is 3.60. The molecule has 0 atom stereocenters. The summed E-state index contributed by atoms with van der Waals surface area (Å²) in [6.45, 7) is -0.480. The molecule has 0 fully saturated rings. The molecule has 14 nitrogen and oxygen atoms in total. The van der Waals surface area contributed by atoms with Crippen LogP contribution in [0.1, 0.15) is 5.56 Å². The van der Waals surface area contributed by atoms with Crippen molar-refractivity contribution >= 4 is 48.4 Å². The van der Waals surface area contributed by atoms with Gasteiger partial charge in [0.15, 0.2) is 9.84 Å². The van der Waals surface area contributed by atoms with E-state index in [1.807, 2.05) is 0 Å². The lowest BCUT2D eigenvalue weighted by Gasteiger charge is -2.06.